The fourth-order valence-corrected chi connectivity index (χ4v) is 4.12. The molecule has 0 radical (unpaired) electrons. The van der Waals surface area contributed by atoms with Gasteiger partial charge in [-0.2, -0.15) is 5.10 Å². The van der Waals surface area contributed by atoms with Gasteiger partial charge in [0.05, 0.1) is 17.9 Å². The maximum Gasteiger partial charge on any atom is 0.233 e. The molecule has 0 amide bonds. The Hall–Kier alpha value is -2.51. The molecule has 4 heterocycles. The average molecular weight is 379 g/mol. The second-order valence-corrected chi connectivity index (χ2v) is 7.59. The zero-order valence-corrected chi connectivity index (χ0v) is 15.9. The van der Waals surface area contributed by atoms with Gasteiger partial charge in [-0.15, -0.1) is 0 Å². The van der Waals surface area contributed by atoms with E-state index in [1.165, 1.54) is 5.56 Å². The van der Waals surface area contributed by atoms with E-state index in [-0.39, 0.29) is 6.10 Å². The average Bonchev–Trinajstić information content (AvgIpc) is 3.19. The van der Waals surface area contributed by atoms with Crippen LogP contribution in [0.3, 0.4) is 0 Å². The summed E-state index contributed by atoms with van der Waals surface area (Å²) < 4.78 is 11.5. The largest absolute Gasteiger partial charge is 0.472 e. The highest BCUT2D eigenvalue weighted by Crippen LogP contribution is 2.32. The topological polar surface area (TPSA) is 85.0 Å². The van der Waals surface area contributed by atoms with Crippen LogP contribution in [0.25, 0.3) is 22.3 Å². The molecule has 0 bridgehead atoms. The molecular weight excluding hydrogens is 354 g/mol. The quantitative estimate of drug-likeness (QED) is 0.725. The van der Waals surface area contributed by atoms with Crippen molar-refractivity contribution in [3.05, 3.63) is 36.2 Å². The van der Waals surface area contributed by atoms with E-state index >= 15 is 0 Å². The first-order chi connectivity index (χ1) is 13.9. The van der Waals surface area contributed by atoms with Gasteiger partial charge in [-0.3, -0.25) is 10.1 Å². The van der Waals surface area contributed by atoms with Crippen LogP contribution in [0.1, 0.15) is 37.2 Å². The van der Waals surface area contributed by atoms with Gasteiger partial charge in [-0.05, 0) is 55.8 Å². The normalized spacial score (nSPS) is 21.1. The summed E-state index contributed by atoms with van der Waals surface area (Å²) in [4.78, 5) is 9.03. The Morgan fingerprint density at radius 3 is 2.89 bits per heavy atom. The Morgan fingerprint density at radius 2 is 2.04 bits per heavy atom. The van der Waals surface area contributed by atoms with Crippen molar-refractivity contribution in [2.45, 2.75) is 37.7 Å². The summed E-state index contributed by atoms with van der Waals surface area (Å²) in [7, 11) is 0. The maximum atomic E-state index is 6.04. The predicted octanol–water partition coefficient (Wildman–Crippen LogP) is 3.04. The molecule has 7 nitrogen and oxygen atoms in total. The van der Waals surface area contributed by atoms with Gasteiger partial charge >= 0.3 is 0 Å². The highest BCUT2D eigenvalue weighted by molar-refractivity contribution is 5.92. The molecule has 0 spiro atoms. The molecule has 1 aromatic carbocycles. The molecule has 0 aliphatic carbocycles. The third-order valence-electron chi connectivity index (χ3n) is 5.67. The fraction of sp³-hybridized carbons (Fsp3) is 0.476. The number of hydrogen-bond acceptors (Lipinski definition) is 6. The van der Waals surface area contributed by atoms with Gasteiger partial charge < -0.3 is 14.8 Å². The van der Waals surface area contributed by atoms with Crippen molar-refractivity contribution in [1.29, 1.82) is 0 Å². The van der Waals surface area contributed by atoms with Crippen LogP contribution in [-0.4, -0.2) is 52.6 Å². The van der Waals surface area contributed by atoms with Crippen molar-refractivity contribution < 1.29 is 9.47 Å². The predicted molar refractivity (Wildman–Crippen MR) is 106 cm³/mol. The minimum atomic E-state index is 0.148. The molecule has 5 rings (SSSR count). The molecule has 2 N–H and O–H groups in total. The van der Waals surface area contributed by atoms with Crippen LogP contribution in [0.2, 0.25) is 0 Å². The van der Waals surface area contributed by atoms with Gasteiger partial charge in [-0.1, -0.05) is 6.07 Å². The number of H-pyrrole nitrogens is 1. The lowest BCUT2D eigenvalue weighted by Gasteiger charge is -2.23. The summed E-state index contributed by atoms with van der Waals surface area (Å²) in [5.41, 5.74) is 3.91. The maximum absolute atomic E-state index is 6.04. The molecule has 7 heteroatoms. The molecule has 146 valence electrons. The Labute approximate surface area is 163 Å². The smallest absolute Gasteiger partial charge is 0.233 e. The lowest BCUT2D eigenvalue weighted by Crippen LogP contribution is -2.37. The SMILES string of the molecule is c1cc2[nH]nc(-c3cncc(O[C@@H]4CCCNC4)n3)c2cc1C1CCOCC1. The van der Waals surface area contributed by atoms with Crippen LogP contribution in [0.4, 0.5) is 0 Å². The first-order valence-corrected chi connectivity index (χ1v) is 10.1. The highest BCUT2D eigenvalue weighted by atomic mass is 16.5. The lowest BCUT2D eigenvalue weighted by atomic mass is 9.91. The first-order valence-electron chi connectivity index (χ1n) is 10.1. The van der Waals surface area contributed by atoms with Gasteiger partial charge in [0.25, 0.3) is 0 Å². The van der Waals surface area contributed by atoms with E-state index < -0.39 is 0 Å². The Morgan fingerprint density at radius 1 is 1.11 bits per heavy atom. The van der Waals surface area contributed by atoms with Crippen molar-refractivity contribution in [3.8, 4) is 17.3 Å². The van der Waals surface area contributed by atoms with Crippen LogP contribution in [0.5, 0.6) is 5.88 Å². The number of rotatable bonds is 4. The number of ether oxygens (including phenoxy) is 2. The van der Waals surface area contributed by atoms with E-state index in [4.69, 9.17) is 9.47 Å². The van der Waals surface area contributed by atoms with Crippen molar-refractivity contribution >= 4 is 10.9 Å². The third kappa shape index (κ3) is 3.59. The number of aromatic nitrogens is 4. The molecule has 0 saturated carbocycles. The van der Waals surface area contributed by atoms with Crippen LogP contribution < -0.4 is 10.1 Å². The van der Waals surface area contributed by atoms with E-state index in [0.29, 0.717) is 11.8 Å². The molecule has 0 unspecified atom stereocenters. The number of aromatic amines is 1. The van der Waals surface area contributed by atoms with Gasteiger partial charge in [0.2, 0.25) is 5.88 Å². The number of piperidine rings is 1. The number of fused-ring (bicyclic) bond motifs is 1. The zero-order chi connectivity index (χ0) is 18.8. The standard InChI is InChI=1S/C21H25N5O2/c1-2-16(11-22-7-1)28-20-13-23-12-19(24-20)21-17-10-15(3-4-18(17)25-26-21)14-5-8-27-9-6-14/h3-4,10,12-14,16,22H,1-2,5-9,11H2,(H,25,26)/t16-/m1/s1. The van der Waals surface area contributed by atoms with E-state index in [1.807, 2.05) is 0 Å². The van der Waals surface area contributed by atoms with E-state index in [1.54, 1.807) is 12.4 Å². The fourth-order valence-electron chi connectivity index (χ4n) is 4.12. The summed E-state index contributed by atoms with van der Waals surface area (Å²) in [6.45, 7) is 3.58. The monoisotopic (exact) mass is 379 g/mol. The number of nitrogens with one attached hydrogen (secondary N) is 2. The molecule has 2 aliphatic rings. The van der Waals surface area contributed by atoms with Crippen LogP contribution in [0.15, 0.2) is 30.6 Å². The van der Waals surface area contributed by atoms with Crippen molar-refractivity contribution in [2.75, 3.05) is 26.3 Å². The molecule has 2 fully saturated rings. The van der Waals surface area contributed by atoms with Crippen molar-refractivity contribution in [3.63, 3.8) is 0 Å². The Balaban J connectivity index is 1.44. The van der Waals surface area contributed by atoms with Gasteiger partial charge in [0, 0.05) is 25.1 Å². The Bertz CT molecular complexity index is 945. The first kappa shape index (κ1) is 17.6. The summed E-state index contributed by atoms with van der Waals surface area (Å²) >= 11 is 0. The van der Waals surface area contributed by atoms with E-state index in [2.05, 4.69) is 43.7 Å². The molecule has 2 aromatic heterocycles. The molecule has 1 atom stereocenters. The van der Waals surface area contributed by atoms with Crippen LogP contribution >= 0.6 is 0 Å². The van der Waals surface area contributed by atoms with E-state index in [0.717, 1.165) is 74.3 Å². The molecule has 2 saturated heterocycles. The van der Waals surface area contributed by atoms with E-state index in [9.17, 15) is 0 Å². The zero-order valence-electron chi connectivity index (χ0n) is 15.9. The summed E-state index contributed by atoms with van der Waals surface area (Å²) in [5, 5.41) is 12.1. The van der Waals surface area contributed by atoms with Gasteiger partial charge in [0.15, 0.2) is 0 Å². The molecule has 3 aromatic rings. The summed E-state index contributed by atoms with van der Waals surface area (Å²) in [6, 6.07) is 6.55. The van der Waals surface area contributed by atoms with Crippen LogP contribution in [-0.2, 0) is 4.74 Å². The lowest BCUT2D eigenvalue weighted by molar-refractivity contribution is 0.0853. The van der Waals surface area contributed by atoms with Gasteiger partial charge in [-0.25, -0.2) is 4.98 Å². The molecular formula is C21H25N5O2. The minimum Gasteiger partial charge on any atom is -0.472 e. The van der Waals surface area contributed by atoms with Crippen molar-refractivity contribution in [1.82, 2.24) is 25.5 Å². The minimum absolute atomic E-state index is 0.148. The van der Waals surface area contributed by atoms with Crippen molar-refractivity contribution in [2.24, 2.45) is 0 Å². The number of nitrogens with zero attached hydrogens (tertiary/aromatic N) is 3. The second-order valence-electron chi connectivity index (χ2n) is 7.59. The molecule has 2 aliphatic heterocycles. The molecule has 28 heavy (non-hydrogen) atoms. The number of hydrogen-bond donors (Lipinski definition) is 2. The summed E-state index contributed by atoms with van der Waals surface area (Å²) in [6.07, 6.45) is 7.88. The Kier molecular flexibility index (Phi) is 4.93. The third-order valence-corrected chi connectivity index (χ3v) is 5.67. The highest BCUT2D eigenvalue weighted by Gasteiger charge is 2.19. The van der Waals surface area contributed by atoms with Gasteiger partial charge in [0.1, 0.15) is 17.5 Å². The number of benzene rings is 1. The summed E-state index contributed by atoms with van der Waals surface area (Å²) in [5.74, 6) is 1.10. The van der Waals surface area contributed by atoms with Crippen LogP contribution in [0, 0.1) is 0 Å². The second kappa shape index (κ2) is 7.85.